The van der Waals surface area contributed by atoms with E-state index >= 15 is 43.9 Å². The van der Waals surface area contributed by atoms with Gasteiger partial charge in [-0.1, -0.05) is 72.8 Å². The number of allylic oxidation sites excluding steroid dienone is 4. The van der Waals surface area contributed by atoms with Crippen molar-refractivity contribution in [2.24, 2.45) is 0 Å². The molecule has 0 bridgehead atoms. The summed E-state index contributed by atoms with van der Waals surface area (Å²) in [4.78, 5) is 24.0. The first-order valence-corrected chi connectivity index (χ1v) is 17.1. The molecule has 1 aliphatic rings. The Kier molecular flexibility index (Phi) is 12.8. The van der Waals surface area contributed by atoms with Gasteiger partial charge in [0, 0.05) is 16.7 Å². The summed E-state index contributed by atoms with van der Waals surface area (Å²) >= 11 is 0. The van der Waals surface area contributed by atoms with Gasteiger partial charge in [-0.15, -0.1) is 0 Å². The van der Waals surface area contributed by atoms with Gasteiger partial charge < -0.3 is 0 Å². The van der Waals surface area contributed by atoms with Crippen LogP contribution in [0.3, 0.4) is 0 Å². The van der Waals surface area contributed by atoms with E-state index in [1.165, 1.54) is 0 Å². The van der Waals surface area contributed by atoms with Crippen LogP contribution >= 0.6 is 0 Å². The van der Waals surface area contributed by atoms with Gasteiger partial charge in [-0.2, -0.15) is 114 Å². The first-order valence-electron chi connectivity index (χ1n) is 17.1. The lowest BCUT2D eigenvalue weighted by molar-refractivity contribution is -0.443. The maximum absolute atomic E-state index is 17.3. The third-order valence-electron chi connectivity index (χ3n) is 10.3. The standard InChI is InChI=1S/C38H18F26O2/c39-27(40,29(43,44)31(47,48)33(51,52)35(55,56)37(59,60)61)21-12-13-26(24-14-18(16-65)10-11-20(24)17-66,25(15-21)23-9-5-4-8-22(23)19-6-2-1-3-7-19)28(41,42)30(45,46)32(49,50)34(53,54)36(57,58)38(62,63)64/h1-12,14-17H,13H2. The second kappa shape index (κ2) is 15.9. The monoisotopic (exact) mass is 1000 g/mol. The van der Waals surface area contributed by atoms with E-state index in [4.69, 9.17) is 0 Å². The van der Waals surface area contributed by atoms with E-state index in [9.17, 15) is 79.8 Å². The van der Waals surface area contributed by atoms with Crippen LogP contribution in [0, 0.1) is 0 Å². The number of alkyl halides is 26. The van der Waals surface area contributed by atoms with E-state index in [2.05, 4.69) is 0 Å². The SMILES string of the molecule is O=Cc1ccc(C=O)c(C2(C(F)(F)C(F)(F)C(F)(F)C(F)(F)C(F)(F)C(F)(F)F)CC=C(C(F)(F)C(F)(F)C(F)(F)C(F)(F)C(F)(F)C(F)(F)F)C=C2c2ccccc2-c2ccccc2)c1. The summed E-state index contributed by atoms with van der Waals surface area (Å²) in [5, 5.41) is 0. The Morgan fingerprint density at radius 3 is 1.30 bits per heavy atom. The number of carbonyl (C=O) groups is 2. The molecule has 28 heteroatoms. The second-order valence-electron chi connectivity index (χ2n) is 14.1. The summed E-state index contributed by atoms with van der Waals surface area (Å²) in [5.41, 5.74) is -19.5. The lowest BCUT2D eigenvalue weighted by Gasteiger charge is -2.50. The highest BCUT2D eigenvalue weighted by molar-refractivity contribution is 5.92. The number of halogens is 26. The van der Waals surface area contributed by atoms with Crippen molar-refractivity contribution >= 4 is 18.1 Å². The van der Waals surface area contributed by atoms with Crippen LogP contribution in [-0.4, -0.2) is 84.2 Å². The molecule has 0 heterocycles. The van der Waals surface area contributed by atoms with Gasteiger partial charge in [0.05, 0.1) is 5.41 Å². The Labute approximate surface area is 349 Å². The van der Waals surface area contributed by atoms with Crippen LogP contribution in [-0.2, 0) is 5.41 Å². The average molecular weight is 1000 g/mol. The predicted octanol–water partition coefficient (Wildman–Crippen LogP) is 14.1. The fourth-order valence-electron chi connectivity index (χ4n) is 6.65. The van der Waals surface area contributed by atoms with Gasteiger partial charge in [-0.25, -0.2) is 0 Å². The van der Waals surface area contributed by atoms with E-state index in [0.717, 1.165) is 36.4 Å². The summed E-state index contributed by atoms with van der Waals surface area (Å²) in [6, 6.07) is 7.16. The highest BCUT2D eigenvalue weighted by atomic mass is 19.4. The molecule has 0 saturated heterocycles. The van der Waals surface area contributed by atoms with Crippen LogP contribution in [0.2, 0.25) is 0 Å². The van der Waals surface area contributed by atoms with Crippen LogP contribution in [0.5, 0.6) is 0 Å². The van der Waals surface area contributed by atoms with Gasteiger partial charge in [-0.3, -0.25) is 9.59 Å². The van der Waals surface area contributed by atoms with E-state index < -0.39 is 153 Å². The molecule has 364 valence electrons. The molecule has 0 radical (unpaired) electrons. The zero-order valence-corrected chi connectivity index (χ0v) is 31.1. The number of hydrogen-bond acceptors (Lipinski definition) is 2. The van der Waals surface area contributed by atoms with E-state index in [-0.39, 0.29) is 18.2 Å². The molecular weight excluding hydrogens is 982 g/mol. The minimum atomic E-state index is -8.78. The van der Waals surface area contributed by atoms with Gasteiger partial charge in [0.2, 0.25) is 0 Å². The molecular formula is C38H18F26O2. The molecule has 0 amide bonds. The number of aldehydes is 2. The Bertz CT molecular complexity index is 2390. The maximum Gasteiger partial charge on any atom is 0.460 e. The molecule has 0 aliphatic heterocycles. The predicted molar refractivity (Wildman–Crippen MR) is 173 cm³/mol. The number of benzene rings is 3. The fraction of sp³-hybridized carbons (Fsp3) is 0.368. The zero-order valence-electron chi connectivity index (χ0n) is 31.1. The number of carbonyl (C=O) groups excluding carboxylic acids is 2. The van der Waals surface area contributed by atoms with Gasteiger partial charge >= 0.3 is 71.6 Å². The molecule has 0 N–H and O–H groups in total. The number of rotatable bonds is 15. The maximum atomic E-state index is 17.3. The van der Waals surface area contributed by atoms with Crippen molar-refractivity contribution in [1.82, 2.24) is 0 Å². The summed E-state index contributed by atoms with van der Waals surface area (Å²) in [7, 11) is 0. The second-order valence-corrected chi connectivity index (χ2v) is 14.1. The lowest BCUT2D eigenvalue weighted by atomic mass is 9.58. The van der Waals surface area contributed by atoms with Crippen LogP contribution in [0.25, 0.3) is 16.7 Å². The average Bonchev–Trinajstić information content (AvgIpc) is 3.21. The van der Waals surface area contributed by atoms with E-state index in [1.54, 1.807) is 0 Å². The Morgan fingerprint density at radius 1 is 0.439 bits per heavy atom. The third-order valence-corrected chi connectivity index (χ3v) is 10.3. The molecule has 0 aromatic heterocycles. The fourth-order valence-corrected chi connectivity index (χ4v) is 6.65. The van der Waals surface area contributed by atoms with Crippen molar-refractivity contribution in [3.8, 4) is 11.1 Å². The van der Waals surface area contributed by atoms with Crippen molar-refractivity contribution < 1.29 is 124 Å². The van der Waals surface area contributed by atoms with Gasteiger partial charge in [0.1, 0.15) is 12.6 Å². The Balaban J connectivity index is 2.31. The van der Waals surface area contributed by atoms with Gasteiger partial charge in [-0.05, 0) is 46.4 Å². The summed E-state index contributed by atoms with van der Waals surface area (Å²) < 4.78 is 380. The molecule has 0 fully saturated rings. The molecule has 0 spiro atoms. The van der Waals surface area contributed by atoms with Crippen LogP contribution in [0.15, 0.2) is 90.5 Å². The molecule has 2 nitrogen and oxygen atoms in total. The van der Waals surface area contributed by atoms with Crippen LogP contribution < -0.4 is 0 Å². The lowest BCUT2D eigenvalue weighted by Crippen LogP contribution is -2.73. The highest BCUT2D eigenvalue weighted by Gasteiger charge is 2.94. The first-order chi connectivity index (χ1) is 29.5. The molecule has 3 aromatic rings. The van der Waals surface area contributed by atoms with Crippen molar-refractivity contribution in [2.75, 3.05) is 0 Å². The van der Waals surface area contributed by atoms with Gasteiger partial charge in [0.15, 0.2) is 0 Å². The molecule has 66 heavy (non-hydrogen) atoms. The van der Waals surface area contributed by atoms with E-state index in [1.807, 2.05) is 0 Å². The summed E-state index contributed by atoms with van der Waals surface area (Å²) in [6.45, 7) is 0. The van der Waals surface area contributed by atoms with Crippen molar-refractivity contribution in [1.29, 1.82) is 0 Å². The minimum absolute atomic E-state index is 0.0960. The Morgan fingerprint density at radius 2 is 0.864 bits per heavy atom. The Hall–Kier alpha value is -5.34. The largest absolute Gasteiger partial charge is 0.460 e. The van der Waals surface area contributed by atoms with Gasteiger partial charge in [0.25, 0.3) is 0 Å². The summed E-state index contributed by atoms with van der Waals surface area (Å²) in [6.07, 6.45) is -22.8. The molecule has 1 unspecified atom stereocenters. The topological polar surface area (TPSA) is 34.1 Å². The quantitative estimate of drug-likeness (QED) is 0.112. The molecule has 1 atom stereocenters. The molecule has 1 aliphatic carbocycles. The minimum Gasteiger partial charge on any atom is -0.298 e. The van der Waals surface area contributed by atoms with Crippen LogP contribution in [0.4, 0.5) is 114 Å². The third kappa shape index (κ3) is 7.11. The normalized spacial score (nSPS) is 18.2. The van der Waals surface area contributed by atoms with Crippen molar-refractivity contribution in [2.45, 2.75) is 83.4 Å². The highest BCUT2D eigenvalue weighted by Crippen LogP contribution is 2.69. The van der Waals surface area contributed by atoms with Crippen molar-refractivity contribution in [3.63, 3.8) is 0 Å². The van der Waals surface area contributed by atoms with E-state index in [0.29, 0.717) is 18.2 Å². The van der Waals surface area contributed by atoms with Crippen molar-refractivity contribution in [3.05, 3.63) is 113 Å². The molecule has 3 aromatic carbocycles. The summed E-state index contributed by atoms with van der Waals surface area (Å²) in [5.74, 6) is -83.7. The first kappa shape index (κ1) is 53.3. The van der Waals surface area contributed by atoms with Crippen LogP contribution in [0.1, 0.15) is 38.3 Å². The number of hydrogen-bond donors (Lipinski definition) is 0. The molecule has 4 rings (SSSR count). The zero-order chi connectivity index (χ0) is 51.1. The molecule has 0 saturated carbocycles. The smallest absolute Gasteiger partial charge is 0.298 e.